The highest BCUT2D eigenvalue weighted by atomic mass is 31.2. The van der Waals surface area contributed by atoms with Gasteiger partial charge in [-0.15, -0.1) is 0 Å². The van der Waals surface area contributed by atoms with Crippen LogP contribution < -0.4 is 0 Å². The molecule has 1 aliphatic heterocycles. The fraction of sp³-hybridized carbons (Fsp3) is 1.00. The van der Waals surface area contributed by atoms with Crippen molar-refractivity contribution in [1.82, 2.24) is 0 Å². The van der Waals surface area contributed by atoms with Crippen molar-refractivity contribution in [3.63, 3.8) is 0 Å². The molecule has 5 nitrogen and oxygen atoms in total. The van der Waals surface area contributed by atoms with Crippen LogP contribution in [0.1, 0.15) is 20.8 Å². The van der Waals surface area contributed by atoms with Crippen molar-refractivity contribution in [2.24, 2.45) is 0 Å². The molecule has 0 unspecified atom stereocenters. The van der Waals surface area contributed by atoms with E-state index in [4.69, 9.17) is 18.0 Å². The minimum atomic E-state index is -3.26. The van der Waals surface area contributed by atoms with Gasteiger partial charge in [-0.25, -0.2) is 4.57 Å². The van der Waals surface area contributed by atoms with E-state index < -0.39 is 16.1 Å². The van der Waals surface area contributed by atoms with Crippen LogP contribution in [0.4, 0.5) is 0 Å². The van der Waals surface area contributed by atoms with E-state index >= 15 is 0 Å². The molecule has 1 saturated heterocycles. The maximum Gasteiger partial charge on any atom is 0.475 e. The lowest BCUT2D eigenvalue weighted by atomic mass is 10.2. The van der Waals surface area contributed by atoms with E-state index in [1.54, 1.807) is 0 Å². The third-order valence-corrected chi connectivity index (χ3v) is 9.22. The van der Waals surface area contributed by atoms with Crippen LogP contribution in [0.3, 0.4) is 0 Å². The van der Waals surface area contributed by atoms with Gasteiger partial charge in [-0.3, -0.25) is 13.6 Å². The van der Waals surface area contributed by atoms with Gasteiger partial charge in [0, 0.05) is 0 Å². The lowest BCUT2D eigenvalue weighted by Gasteiger charge is -2.36. The van der Waals surface area contributed by atoms with Crippen LogP contribution >= 0.6 is 7.82 Å². The van der Waals surface area contributed by atoms with E-state index in [0.29, 0.717) is 19.8 Å². The molecule has 0 aromatic rings. The van der Waals surface area contributed by atoms with E-state index in [0.717, 1.165) is 0 Å². The molecule has 0 atom stereocenters. The summed E-state index contributed by atoms with van der Waals surface area (Å²) in [5.41, 5.74) is 0. The molecule has 0 amide bonds. The zero-order valence-corrected chi connectivity index (χ0v) is 13.2. The predicted molar refractivity (Wildman–Crippen MR) is 68.6 cm³/mol. The van der Waals surface area contributed by atoms with E-state index in [1.165, 1.54) is 0 Å². The number of hydrogen-bond acceptors (Lipinski definition) is 5. The Kier molecular flexibility index (Phi) is 4.97. The molecule has 0 radical (unpaired) electrons. The fourth-order valence-electron chi connectivity index (χ4n) is 1.07. The molecule has 0 N–H and O–H groups in total. The zero-order chi connectivity index (χ0) is 13.2. The van der Waals surface area contributed by atoms with Crippen LogP contribution in [-0.2, 0) is 22.6 Å². The number of rotatable bonds is 5. The summed E-state index contributed by atoms with van der Waals surface area (Å²) in [6.07, 6.45) is 0. The summed E-state index contributed by atoms with van der Waals surface area (Å²) in [6, 6.07) is 0. The lowest BCUT2D eigenvalue weighted by molar-refractivity contribution is 0.151. The molecule has 0 bridgehead atoms. The highest BCUT2D eigenvalue weighted by Crippen LogP contribution is 2.52. The minimum Gasteiger partial charge on any atom is -0.414 e. The molecule has 7 heteroatoms. The maximum absolute atomic E-state index is 11.6. The third-order valence-electron chi connectivity index (χ3n) is 3.18. The molecule has 0 aromatic carbocycles. The topological polar surface area (TPSA) is 54.0 Å². The first-order chi connectivity index (χ1) is 7.66. The van der Waals surface area contributed by atoms with Gasteiger partial charge in [0.05, 0.1) is 26.4 Å². The van der Waals surface area contributed by atoms with Crippen LogP contribution in [0.15, 0.2) is 0 Å². The molecule has 1 aliphatic rings. The molecule has 0 aliphatic carbocycles. The fourth-order valence-corrected chi connectivity index (χ4v) is 3.22. The van der Waals surface area contributed by atoms with Gasteiger partial charge >= 0.3 is 7.82 Å². The predicted octanol–water partition coefficient (Wildman–Crippen LogP) is 3.18. The highest BCUT2D eigenvalue weighted by molar-refractivity contribution is 7.48. The average molecular weight is 282 g/mol. The summed E-state index contributed by atoms with van der Waals surface area (Å²) < 4.78 is 32.4. The Morgan fingerprint density at radius 1 is 1.18 bits per heavy atom. The first kappa shape index (κ1) is 15.3. The van der Waals surface area contributed by atoms with Crippen molar-refractivity contribution < 1.29 is 22.6 Å². The second-order valence-corrected chi connectivity index (χ2v) is 12.0. The molecule has 1 rings (SSSR count). The second kappa shape index (κ2) is 5.51. The highest BCUT2D eigenvalue weighted by Gasteiger charge is 2.37. The molecule has 1 heterocycles. The number of hydrogen-bond donors (Lipinski definition) is 0. The van der Waals surface area contributed by atoms with Crippen LogP contribution in [0, 0.1) is 0 Å². The van der Waals surface area contributed by atoms with Gasteiger partial charge in [0.1, 0.15) is 0 Å². The summed E-state index contributed by atoms with van der Waals surface area (Å²) >= 11 is 0. The smallest absolute Gasteiger partial charge is 0.414 e. The van der Waals surface area contributed by atoms with E-state index in [2.05, 4.69) is 33.9 Å². The van der Waals surface area contributed by atoms with Crippen LogP contribution in [0.2, 0.25) is 18.1 Å². The summed E-state index contributed by atoms with van der Waals surface area (Å²) in [6.45, 7) is 12.2. The van der Waals surface area contributed by atoms with Crippen LogP contribution in [0.25, 0.3) is 0 Å². The van der Waals surface area contributed by atoms with E-state index in [-0.39, 0.29) is 11.6 Å². The van der Waals surface area contributed by atoms with Gasteiger partial charge in [0.2, 0.25) is 0 Å². The minimum absolute atomic E-state index is 0.164. The summed E-state index contributed by atoms with van der Waals surface area (Å²) in [5.74, 6) is 0. The van der Waals surface area contributed by atoms with Crippen molar-refractivity contribution in [2.45, 2.75) is 38.9 Å². The van der Waals surface area contributed by atoms with Crippen LogP contribution in [-0.4, -0.2) is 34.7 Å². The van der Waals surface area contributed by atoms with Gasteiger partial charge in [0.25, 0.3) is 0 Å². The Labute approximate surface area is 105 Å². The largest absolute Gasteiger partial charge is 0.475 e. The van der Waals surface area contributed by atoms with Crippen molar-refractivity contribution in [1.29, 1.82) is 0 Å². The van der Waals surface area contributed by atoms with Gasteiger partial charge in [-0.1, -0.05) is 20.8 Å². The quantitative estimate of drug-likeness (QED) is 0.440. The Hall–Kier alpha value is 0.287. The summed E-state index contributed by atoms with van der Waals surface area (Å²) in [4.78, 5) is 0. The van der Waals surface area contributed by atoms with Crippen molar-refractivity contribution >= 4 is 16.1 Å². The Bertz CT molecular complexity index is 290. The number of phosphoric acid groups is 1. The Morgan fingerprint density at radius 3 is 2.18 bits per heavy atom. The first-order valence-electron chi connectivity index (χ1n) is 5.84. The monoisotopic (exact) mass is 282 g/mol. The zero-order valence-electron chi connectivity index (χ0n) is 11.3. The van der Waals surface area contributed by atoms with Gasteiger partial charge in [0.15, 0.2) is 8.32 Å². The van der Waals surface area contributed by atoms with Gasteiger partial charge in [-0.05, 0) is 18.1 Å². The standard InChI is InChI=1S/C10H23O5PSi/c1-10(2,3)17(4,5)15-9-8-14-16(11)12-6-7-13-16/h6-9H2,1-5H3. The van der Waals surface area contributed by atoms with Crippen molar-refractivity contribution in [2.75, 3.05) is 26.4 Å². The Balaban J connectivity index is 2.27. The molecular weight excluding hydrogens is 259 g/mol. The molecular formula is C10H23O5PSi. The third kappa shape index (κ3) is 4.46. The van der Waals surface area contributed by atoms with E-state index in [1.807, 2.05) is 0 Å². The lowest BCUT2D eigenvalue weighted by Crippen LogP contribution is -2.41. The molecule has 0 aromatic heterocycles. The summed E-state index contributed by atoms with van der Waals surface area (Å²) in [5, 5.41) is 0.164. The SMILES string of the molecule is CC(C)(C)[Si](C)(C)OCCOP1(=O)OCCO1. The average Bonchev–Trinajstić information content (AvgIpc) is 2.59. The first-order valence-corrected chi connectivity index (χ1v) is 10.2. The van der Waals surface area contributed by atoms with Crippen molar-refractivity contribution in [3.05, 3.63) is 0 Å². The summed E-state index contributed by atoms with van der Waals surface area (Å²) in [7, 11) is -5.01. The molecule has 0 spiro atoms. The van der Waals surface area contributed by atoms with Crippen molar-refractivity contribution in [3.8, 4) is 0 Å². The molecule has 1 fully saturated rings. The molecule has 102 valence electrons. The maximum atomic E-state index is 11.6. The van der Waals surface area contributed by atoms with Gasteiger partial charge in [-0.2, -0.15) is 0 Å². The normalized spacial score (nSPS) is 20.8. The van der Waals surface area contributed by atoms with E-state index in [9.17, 15) is 4.57 Å². The van der Waals surface area contributed by atoms with Crippen LogP contribution in [0.5, 0.6) is 0 Å². The molecule has 17 heavy (non-hydrogen) atoms. The van der Waals surface area contributed by atoms with Gasteiger partial charge < -0.3 is 4.43 Å². The Morgan fingerprint density at radius 2 is 1.71 bits per heavy atom. The number of phosphoric ester groups is 1. The second-order valence-electron chi connectivity index (χ2n) is 5.56. The molecule has 0 saturated carbocycles.